The zero-order chi connectivity index (χ0) is 13.1. The Kier molecular flexibility index (Phi) is 3.67. The molecule has 2 rings (SSSR count). The molecule has 1 aromatic heterocycles. The van der Waals surface area contributed by atoms with E-state index in [4.69, 9.17) is 0 Å². The van der Waals surface area contributed by atoms with Gasteiger partial charge in [0.2, 0.25) is 5.91 Å². The van der Waals surface area contributed by atoms with E-state index < -0.39 is 0 Å². The van der Waals surface area contributed by atoms with Crippen LogP contribution in [0.15, 0.2) is 30.5 Å². The predicted octanol–water partition coefficient (Wildman–Crippen LogP) is 1.61. The van der Waals surface area contributed by atoms with Crippen LogP contribution in [0.4, 0.5) is 0 Å². The highest BCUT2D eigenvalue weighted by Gasteiger charge is 2.07. The average Bonchev–Trinajstić information content (AvgIpc) is 2.78. The molecule has 0 spiro atoms. The standard InChI is InChI=1S/C14H18N2O2/c1-15(2)14(18)7-9-16-8-6-12-11(10-17)4-3-5-13(12)16/h3-6,8,17H,7,9-10H2,1-2H3. The van der Waals surface area contributed by atoms with Crippen LogP contribution in [0.3, 0.4) is 0 Å². The Balaban J connectivity index is 2.22. The minimum absolute atomic E-state index is 0.0397. The summed E-state index contributed by atoms with van der Waals surface area (Å²) in [5.74, 6) is 0.121. The normalized spacial score (nSPS) is 10.8. The van der Waals surface area contributed by atoms with Crippen molar-refractivity contribution in [1.82, 2.24) is 9.47 Å². The number of aliphatic hydroxyl groups is 1. The first-order chi connectivity index (χ1) is 8.63. The number of amides is 1. The largest absolute Gasteiger partial charge is 0.392 e. The predicted molar refractivity (Wildman–Crippen MR) is 71.2 cm³/mol. The average molecular weight is 246 g/mol. The molecule has 0 atom stereocenters. The van der Waals surface area contributed by atoms with Gasteiger partial charge in [0, 0.05) is 44.2 Å². The maximum absolute atomic E-state index is 11.6. The zero-order valence-corrected chi connectivity index (χ0v) is 10.8. The summed E-state index contributed by atoms with van der Waals surface area (Å²) in [7, 11) is 3.53. The molecular formula is C14H18N2O2. The topological polar surface area (TPSA) is 45.5 Å². The summed E-state index contributed by atoms with van der Waals surface area (Å²) < 4.78 is 2.05. The molecule has 0 aliphatic rings. The van der Waals surface area contributed by atoms with Crippen LogP contribution in [0.1, 0.15) is 12.0 Å². The fourth-order valence-electron chi connectivity index (χ4n) is 2.06. The monoisotopic (exact) mass is 246 g/mol. The second-order valence-corrected chi connectivity index (χ2v) is 4.56. The summed E-state index contributed by atoms with van der Waals surface area (Å²) in [5, 5.41) is 10.3. The lowest BCUT2D eigenvalue weighted by Crippen LogP contribution is -2.22. The van der Waals surface area contributed by atoms with Gasteiger partial charge >= 0.3 is 0 Å². The van der Waals surface area contributed by atoms with Crippen LogP contribution >= 0.6 is 0 Å². The molecule has 1 heterocycles. The first-order valence-corrected chi connectivity index (χ1v) is 6.01. The third kappa shape index (κ3) is 2.38. The van der Waals surface area contributed by atoms with Crippen LogP contribution in [-0.2, 0) is 17.9 Å². The van der Waals surface area contributed by atoms with E-state index in [1.54, 1.807) is 19.0 Å². The van der Waals surface area contributed by atoms with Crippen LogP contribution in [0.5, 0.6) is 0 Å². The van der Waals surface area contributed by atoms with Crippen LogP contribution in [0.25, 0.3) is 10.9 Å². The lowest BCUT2D eigenvalue weighted by Gasteiger charge is -2.11. The third-order valence-electron chi connectivity index (χ3n) is 3.14. The summed E-state index contributed by atoms with van der Waals surface area (Å²) in [4.78, 5) is 13.2. The number of aryl methyl sites for hydroxylation is 1. The second-order valence-electron chi connectivity index (χ2n) is 4.56. The summed E-state index contributed by atoms with van der Waals surface area (Å²) in [6.45, 7) is 0.702. The molecule has 0 aliphatic heterocycles. The van der Waals surface area contributed by atoms with Gasteiger partial charge in [-0.05, 0) is 17.7 Å². The molecule has 0 saturated heterocycles. The van der Waals surface area contributed by atoms with Crippen LogP contribution in [-0.4, -0.2) is 34.6 Å². The highest BCUT2D eigenvalue weighted by Crippen LogP contribution is 2.20. The number of hydrogen-bond donors (Lipinski definition) is 1. The van der Waals surface area contributed by atoms with Gasteiger partial charge < -0.3 is 14.6 Å². The maximum Gasteiger partial charge on any atom is 0.223 e. The molecule has 4 nitrogen and oxygen atoms in total. The van der Waals surface area contributed by atoms with E-state index in [0.717, 1.165) is 16.5 Å². The number of aliphatic hydroxyl groups excluding tert-OH is 1. The van der Waals surface area contributed by atoms with E-state index in [-0.39, 0.29) is 12.5 Å². The number of rotatable bonds is 4. The molecule has 2 aromatic rings. The summed E-state index contributed by atoms with van der Waals surface area (Å²) >= 11 is 0. The fourth-order valence-corrected chi connectivity index (χ4v) is 2.06. The molecule has 0 aliphatic carbocycles. The van der Waals surface area contributed by atoms with Crippen molar-refractivity contribution in [3.63, 3.8) is 0 Å². The Morgan fingerprint density at radius 3 is 2.78 bits per heavy atom. The SMILES string of the molecule is CN(C)C(=O)CCn1ccc2c(CO)cccc21. The maximum atomic E-state index is 11.6. The van der Waals surface area contributed by atoms with E-state index in [9.17, 15) is 9.90 Å². The van der Waals surface area contributed by atoms with Crippen LogP contribution in [0.2, 0.25) is 0 Å². The Morgan fingerprint density at radius 2 is 2.11 bits per heavy atom. The van der Waals surface area contributed by atoms with Gasteiger partial charge in [0.05, 0.1) is 6.61 Å². The van der Waals surface area contributed by atoms with Crippen molar-refractivity contribution >= 4 is 16.8 Å². The molecule has 1 aromatic carbocycles. The third-order valence-corrected chi connectivity index (χ3v) is 3.14. The van der Waals surface area contributed by atoms with Crippen LogP contribution < -0.4 is 0 Å². The van der Waals surface area contributed by atoms with Gasteiger partial charge in [-0.2, -0.15) is 0 Å². The lowest BCUT2D eigenvalue weighted by molar-refractivity contribution is -0.128. The van der Waals surface area contributed by atoms with E-state index in [1.807, 2.05) is 30.5 Å². The quantitative estimate of drug-likeness (QED) is 0.891. The number of benzene rings is 1. The minimum atomic E-state index is 0.0397. The van der Waals surface area contributed by atoms with E-state index in [0.29, 0.717) is 13.0 Å². The number of fused-ring (bicyclic) bond motifs is 1. The first-order valence-electron chi connectivity index (χ1n) is 6.01. The van der Waals surface area contributed by atoms with Crippen molar-refractivity contribution in [2.24, 2.45) is 0 Å². The molecule has 4 heteroatoms. The van der Waals surface area contributed by atoms with Crippen molar-refractivity contribution in [3.8, 4) is 0 Å². The Bertz CT molecular complexity index is 558. The van der Waals surface area contributed by atoms with Gasteiger partial charge in [-0.3, -0.25) is 4.79 Å². The van der Waals surface area contributed by atoms with Gasteiger partial charge in [-0.25, -0.2) is 0 Å². The molecule has 0 unspecified atom stereocenters. The minimum Gasteiger partial charge on any atom is -0.392 e. The summed E-state index contributed by atoms with van der Waals surface area (Å²) in [6.07, 6.45) is 2.45. The fraction of sp³-hybridized carbons (Fsp3) is 0.357. The highest BCUT2D eigenvalue weighted by atomic mass is 16.3. The van der Waals surface area contributed by atoms with Gasteiger partial charge in [-0.1, -0.05) is 12.1 Å². The number of nitrogens with zero attached hydrogens (tertiary/aromatic N) is 2. The van der Waals surface area contributed by atoms with Gasteiger partial charge in [-0.15, -0.1) is 0 Å². The van der Waals surface area contributed by atoms with E-state index in [2.05, 4.69) is 4.57 Å². The molecule has 0 radical (unpaired) electrons. The number of aromatic nitrogens is 1. The van der Waals surface area contributed by atoms with Gasteiger partial charge in [0.1, 0.15) is 0 Å². The van der Waals surface area contributed by atoms with E-state index >= 15 is 0 Å². The molecule has 96 valence electrons. The van der Waals surface area contributed by atoms with Crippen molar-refractivity contribution in [2.75, 3.05) is 14.1 Å². The smallest absolute Gasteiger partial charge is 0.223 e. The summed E-state index contributed by atoms with van der Waals surface area (Å²) in [5.41, 5.74) is 1.98. The molecular weight excluding hydrogens is 228 g/mol. The second kappa shape index (κ2) is 5.23. The van der Waals surface area contributed by atoms with Crippen molar-refractivity contribution in [1.29, 1.82) is 0 Å². The Morgan fingerprint density at radius 1 is 1.33 bits per heavy atom. The molecule has 1 amide bonds. The molecule has 18 heavy (non-hydrogen) atoms. The summed E-state index contributed by atoms with van der Waals surface area (Å²) in [6, 6.07) is 7.84. The zero-order valence-electron chi connectivity index (χ0n) is 10.8. The van der Waals surface area contributed by atoms with Crippen LogP contribution in [0, 0.1) is 0 Å². The van der Waals surface area contributed by atoms with Crippen molar-refractivity contribution in [2.45, 2.75) is 19.6 Å². The number of carbonyl (C=O) groups is 1. The number of hydrogen-bond acceptors (Lipinski definition) is 2. The molecule has 0 saturated carbocycles. The molecule has 1 N–H and O–H groups in total. The van der Waals surface area contributed by atoms with E-state index in [1.165, 1.54) is 0 Å². The van der Waals surface area contributed by atoms with Gasteiger partial charge in [0.15, 0.2) is 0 Å². The van der Waals surface area contributed by atoms with Crippen molar-refractivity contribution < 1.29 is 9.90 Å². The Labute approximate surface area is 106 Å². The van der Waals surface area contributed by atoms with Crippen molar-refractivity contribution in [3.05, 3.63) is 36.0 Å². The Hall–Kier alpha value is -1.81. The number of carbonyl (C=O) groups excluding carboxylic acids is 1. The lowest BCUT2D eigenvalue weighted by atomic mass is 10.1. The first kappa shape index (κ1) is 12.6. The molecule has 0 bridgehead atoms. The molecule has 0 fully saturated rings. The highest BCUT2D eigenvalue weighted by molar-refractivity contribution is 5.84. The van der Waals surface area contributed by atoms with Gasteiger partial charge in [0.25, 0.3) is 0 Å².